The second kappa shape index (κ2) is 6.71. The molecule has 1 fully saturated rings. The Labute approximate surface area is 129 Å². The Hall–Kier alpha value is -0.610. The summed E-state index contributed by atoms with van der Waals surface area (Å²) < 4.78 is 1.03. The van der Waals surface area contributed by atoms with E-state index in [0.717, 1.165) is 29.0 Å². The predicted octanol–water partition coefficient (Wildman–Crippen LogP) is 4.10. The molecule has 1 aliphatic heterocycles. The molecule has 1 aromatic rings. The van der Waals surface area contributed by atoms with E-state index in [1.54, 1.807) is 0 Å². The summed E-state index contributed by atoms with van der Waals surface area (Å²) in [6.45, 7) is 4.50. The van der Waals surface area contributed by atoms with Gasteiger partial charge in [-0.25, -0.2) is 0 Å². The van der Waals surface area contributed by atoms with E-state index < -0.39 is 0 Å². The Kier molecular flexibility index (Phi) is 5.22. The third-order valence-corrected chi connectivity index (χ3v) is 4.70. The van der Waals surface area contributed by atoms with Crippen LogP contribution in [0, 0.1) is 5.92 Å². The van der Waals surface area contributed by atoms with E-state index in [0.29, 0.717) is 4.99 Å². The summed E-state index contributed by atoms with van der Waals surface area (Å²) in [5, 5.41) is 0. The van der Waals surface area contributed by atoms with Crippen molar-refractivity contribution < 1.29 is 0 Å². The Morgan fingerprint density at radius 1 is 1.42 bits per heavy atom. The fourth-order valence-electron chi connectivity index (χ4n) is 2.80. The van der Waals surface area contributed by atoms with Crippen molar-refractivity contribution in [2.75, 3.05) is 18.0 Å². The van der Waals surface area contributed by atoms with Crippen molar-refractivity contribution in [1.82, 2.24) is 0 Å². The summed E-state index contributed by atoms with van der Waals surface area (Å²) in [4.78, 5) is 2.92. The molecular formula is C15H21BrN2S. The van der Waals surface area contributed by atoms with Crippen LogP contribution in [0.1, 0.15) is 38.2 Å². The van der Waals surface area contributed by atoms with Gasteiger partial charge in [0, 0.05) is 28.8 Å². The molecule has 1 unspecified atom stereocenters. The summed E-state index contributed by atoms with van der Waals surface area (Å²) in [5.41, 5.74) is 8.04. The molecular weight excluding hydrogens is 320 g/mol. The van der Waals surface area contributed by atoms with Crippen molar-refractivity contribution in [3.63, 3.8) is 0 Å². The number of nitrogens with zero attached hydrogens (tertiary/aromatic N) is 1. The summed E-state index contributed by atoms with van der Waals surface area (Å²) in [6, 6.07) is 6.23. The lowest BCUT2D eigenvalue weighted by molar-refractivity contribution is 0.459. The lowest BCUT2D eigenvalue weighted by Gasteiger charge is -2.25. The van der Waals surface area contributed by atoms with E-state index in [-0.39, 0.29) is 0 Å². The van der Waals surface area contributed by atoms with Crippen molar-refractivity contribution in [3.05, 3.63) is 28.2 Å². The van der Waals surface area contributed by atoms with Gasteiger partial charge in [0.25, 0.3) is 0 Å². The second-order valence-electron chi connectivity index (χ2n) is 5.22. The average Bonchev–Trinajstić information content (AvgIpc) is 2.63. The Morgan fingerprint density at radius 3 is 2.89 bits per heavy atom. The van der Waals surface area contributed by atoms with Crippen molar-refractivity contribution in [1.29, 1.82) is 0 Å². The molecule has 1 saturated heterocycles. The third-order valence-electron chi connectivity index (χ3n) is 3.99. The fraction of sp³-hybridized carbons (Fsp3) is 0.533. The Morgan fingerprint density at radius 2 is 2.21 bits per heavy atom. The van der Waals surface area contributed by atoms with Crippen LogP contribution in [0.15, 0.2) is 22.7 Å². The first kappa shape index (κ1) is 14.8. The molecule has 2 rings (SSSR count). The number of benzene rings is 1. The summed E-state index contributed by atoms with van der Waals surface area (Å²) in [7, 11) is 0. The molecule has 0 radical (unpaired) electrons. The second-order valence-corrected chi connectivity index (χ2v) is 6.57. The van der Waals surface area contributed by atoms with Crippen LogP contribution in [-0.4, -0.2) is 18.1 Å². The van der Waals surface area contributed by atoms with Crippen LogP contribution in [0.5, 0.6) is 0 Å². The Bertz CT molecular complexity index is 461. The lowest BCUT2D eigenvalue weighted by Crippen LogP contribution is -2.27. The minimum atomic E-state index is 0.479. The van der Waals surface area contributed by atoms with Crippen molar-refractivity contribution in [2.24, 2.45) is 11.7 Å². The van der Waals surface area contributed by atoms with Crippen LogP contribution >= 0.6 is 28.1 Å². The molecule has 1 heterocycles. The monoisotopic (exact) mass is 340 g/mol. The van der Waals surface area contributed by atoms with Gasteiger partial charge in [-0.1, -0.05) is 41.5 Å². The molecule has 1 atom stereocenters. The first-order valence-corrected chi connectivity index (χ1v) is 8.16. The van der Waals surface area contributed by atoms with Crippen LogP contribution in [0.25, 0.3) is 0 Å². The zero-order valence-corrected chi connectivity index (χ0v) is 13.8. The maximum absolute atomic E-state index is 5.87. The molecule has 1 aliphatic rings. The number of anilines is 1. The highest BCUT2D eigenvalue weighted by Gasteiger charge is 2.18. The average molecular weight is 341 g/mol. The fourth-order valence-corrected chi connectivity index (χ4v) is 3.32. The normalized spacial score (nSPS) is 20.1. The van der Waals surface area contributed by atoms with Gasteiger partial charge in [0.05, 0.1) is 0 Å². The standard InChI is InChI=1S/C15H21BrN2S/c1-2-11-4-3-8-18(9-7-11)14-6-5-12(16)10-13(14)15(17)19/h5-6,10-11H,2-4,7-9H2,1H3,(H2,17,19). The van der Waals surface area contributed by atoms with Gasteiger partial charge in [0.2, 0.25) is 0 Å². The molecule has 0 bridgehead atoms. The minimum Gasteiger partial charge on any atom is -0.389 e. The van der Waals surface area contributed by atoms with E-state index in [1.165, 1.54) is 31.4 Å². The topological polar surface area (TPSA) is 29.3 Å². The largest absolute Gasteiger partial charge is 0.389 e. The minimum absolute atomic E-state index is 0.479. The molecule has 0 aliphatic carbocycles. The van der Waals surface area contributed by atoms with Crippen molar-refractivity contribution in [2.45, 2.75) is 32.6 Å². The van der Waals surface area contributed by atoms with Gasteiger partial charge >= 0.3 is 0 Å². The molecule has 1 aromatic carbocycles. The molecule has 0 aromatic heterocycles. The van der Waals surface area contributed by atoms with E-state index >= 15 is 0 Å². The third kappa shape index (κ3) is 3.69. The lowest BCUT2D eigenvalue weighted by atomic mass is 9.98. The molecule has 0 saturated carbocycles. The highest BCUT2D eigenvalue weighted by Crippen LogP contribution is 2.29. The first-order valence-electron chi connectivity index (χ1n) is 6.96. The van der Waals surface area contributed by atoms with Crippen LogP contribution in [0.2, 0.25) is 0 Å². The number of hydrogen-bond acceptors (Lipinski definition) is 2. The van der Waals surface area contributed by atoms with Gasteiger partial charge in [-0.2, -0.15) is 0 Å². The molecule has 4 heteroatoms. The van der Waals surface area contributed by atoms with Crippen LogP contribution < -0.4 is 10.6 Å². The van der Waals surface area contributed by atoms with Gasteiger partial charge in [-0.15, -0.1) is 0 Å². The highest BCUT2D eigenvalue weighted by atomic mass is 79.9. The SMILES string of the molecule is CCC1CCCN(c2ccc(Br)cc2C(N)=S)CC1. The maximum atomic E-state index is 5.87. The summed E-state index contributed by atoms with van der Waals surface area (Å²) in [6.07, 6.45) is 5.15. The zero-order chi connectivity index (χ0) is 13.8. The Balaban J connectivity index is 2.23. The van der Waals surface area contributed by atoms with E-state index in [4.69, 9.17) is 18.0 Å². The molecule has 19 heavy (non-hydrogen) atoms. The number of thiocarbonyl (C=S) groups is 1. The number of hydrogen-bond donors (Lipinski definition) is 1. The van der Waals surface area contributed by atoms with Crippen LogP contribution in [0.3, 0.4) is 0 Å². The van der Waals surface area contributed by atoms with Crippen LogP contribution in [0.4, 0.5) is 5.69 Å². The predicted molar refractivity (Wildman–Crippen MR) is 89.9 cm³/mol. The van der Waals surface area contributed by atoms with Gasteiger partial charge < -0.3 is 10.6 Å². The quantitative estimate of drug-likeness (QED) is 0.840. The summed E-state index contributed by atoms with van der Waals surface area (Å²) in [5.74, 6) is 0.869. The smallest absolute Gasteiger partial charge is 0.106 e. The van der Waals surface area contributed by atoms with Gasteiger partial charge in [0.15, 0.2) is 0 Å². The number of rotatable bonds is 3. The van der Waals surface area contributed by atoms with Crippen LogP contribution in [-0.2, 0) is 0 Å². The number of nitrogens with two attached hydrogens (primary N) is 1. The van der Waals surface area contributed by atoms with Crippen molar-refractivity contribution in [3.8, 4) is 0 Å². The molecule has 2 N–H and O–H groups in total. The molecule has 0 amide bonds. The number of halogens is 1. The van der Waals surface area contributed by atoms with E-state index in [2.05, 4.69) is 39.9 Å². The first-order chi connectivity index (χ1) is 9.11. The highest BCUT2D eigenvalue weighted by molar-refractivity contribution is 9.10. The maximum Gasteiger partial charge on any atom is 0.106 e. The van der Waals surface area contributed by atoms with Gasteiger partial charge in [-0.05, 0) is 43.4 Å². The molecule has 2 nitrogen and oxygen atoms in total. The molecule has 0 spiro atoms. The van der Waals surface area contributed by atoms with Gasteiger partial charge in [-0.3, -0.25) is 0 Å². The van der Waals surface area contributed by atoms with E-state index in [1.807, 2.05) is 6.07 Å². The molecule has 104 valence electrons. The summed E-state index contributed by atoms with van der Waals surface area (Å²) >= 11 is 8.68. The van der Waals surface area contributed by atoms with Gasteiger partial charge in [0.1, 0.15) is 4.99 Å². The van der Waals surface area contributed by atoms with E-state index in [9.17, 15) is 0 Å². The van der Waals surface area contributed by atoms with Crippen molar-refractivity contribution >= 4 is 38.8 Å². The zero-order valence-electron chi connectivity index (χ0n) is 11.4.